The van der Waals surface area contributed by atoms with Crippen LogP contribution in [-0.2, 0) is 4.74 Å². The van der Waals surface area contributed by atoms with Crippen LogP contribution in [0.4, 0.5) is 0 Å². The third-order valence-corrected chi connectivity index (χ3v) is 3.13. The van der Waals surface area contributed by atoms with Crippen molar-refractivity contribution in [1.29, 1.82) is 0 Å². The highest BCUT2D eigenvalue weighted by molar-refractivity contribution is 7.80. The summed E-state index contributed by atoms with van der Waals surface area (Å²) in [6.07, 6.45) is 0.122. The normalized spacial score (nSPS) is 20.6. The predicted molar refractivity (Wildman–Crippen MR) is 75.1 cm³/mol. The van der Waals surface area contributed by atoms with Crippen LogP contribution < -0.4 is 10.5 Å². The molecule has 1 aromatic carbocycles. The van der Waals surface area contributed by atoms with Crippen LogP contribution in [0.1, 0.15) is 5.56 Å². The minimum absolute atomic E-state index is 0.122. The van der Waals surface area contributed by atoms with Crippen LogP contribution >= 0.6 is 12.2 Å². The van der Waals surface area contributed by atoms with E-state index in [1.54, 1.807) is 0 Å². The Hall–Kier alpha value is -1.17. The summed E-state index contributed by atoms with van der Waals surface area (Å²) >= 11 is 4.94. The predicted octanol–water partition coefficient (Wildman–Crippen LogP) is 1.03. The van der Waals surface area contributed by atoms with Crippen LogP contribution in [0.15, 0.2) is 24.3 Å². The molecule has 0 amide bonds. The second-order valence-corrected chi connectivity index (χ2v) is 4.90. The maximum atomic E-state index is 5.72. The van der Waals surface area contributed by atoms with E-state index >= 15 is 0 Å². The Bertz CT molecular complexity index is 425. The first-order valence-electron chi connectivity index (χ1n) is 5.98. The van der Waals surface area contributed by atoms with Crippen LogP contribution in [0, 0.1) is 0 Å². The van der Waals surface area contributed by atoms with Crippen LogP contribution in [0.2, 0.25) is 0 Å². The SMILES string of the molecule is CN1CCOC(COc2cccc(C(N)=S)c2)C1. The minimum Gasteiger partial charge on any atom is -0.491 e. The summed E-state index contributed by atoms with van der Waals surface area (Å²) in [5.74, 6) is 0.775. The van der Waals surface area contributed by atoms with E-state index in [0.717, 1.165) is 31.0 Å². The number of morpholine rings is 1. The summed E-state index contributed by atoms with van der Waals surface area (Å²) in [5, 5.41) is 0. The summed E-state index contributed by atoms with van der Waals surface area (Å²) in [6.45, 7) is 3.19. The lowest BCUT2D eigenvalue weighted by Crippen LogP contribution is -2.42. The van der Waals surface area contributed by atoms with Gasteiger partial charge in [-0.15, -0.1) is 0 Å². The number of hydrogen-bond donors (Lipinski definition) is 1. The van der Waals surface area contributed by atoms with E-state index in [0.29, 0.717) is 11.6 Å². The maximum absolute atomic E-state index is 5.72. The molecule has 0 spiro atoms. The van der Waals surface area contributed by atoms with Gasteiger partial charge in [-0.2, -0.15) is 0 Å². The number of nitrogens with zero attached hydrogens (tertiary/aromatic N) is 1. The van der Waals surface area contributed by atoms with E-state index in [9.17, 15) is 0 Å². The number of ether oxygens (including phenoxy) is 2. The van der Waals surface area contributed by atoms with Gasteiger partial charge in [0.25, 0.3) is 0 Å². The van der Waals surface area contributed by atoms with Gasteiger partial charge in [-0.25, -0.2) is 0 Å². The zero-order valence-corrected chi connectivity index (χ0v) is 11.3. The molecule has 2 N–H and O–H groups in total. The standard InChI is InChI=1S/C13H18N2O2S/c1-15-5-6-16-12(8-15)9-17-11-4-2-3-10(7-11)13(14)18/h2-4,7,12H,5-6,8-9H2,1H3,(H2,14,18). The van der Waals surface area contributed by atoms with Gasteiger partial charge in [-0.3, -0.25) is 0 Å². The smallest absolute Gasteiger partial charge is 0.120 e. The highest BCUT2D eigenvalue weighted by Crippen LogP contribution is 2.14. The highest BCUT2D eigenvalue weighted by atomic mass is 32.1. The molecule has 4 nitrogen and oxygen atoms in total. The molecule has 1 heterocycles. The van der Waals surface area contributed by atoms with Gasteiger partial charge in [0.2, 0.25) is 0 Å². The molecule has 0 radical (unpaired) electrons. The Kier molecular flexibility index (Phi) is 4.52. The molecular formula is C13H18N2O2S. The minimum atomic E-state index is 0.122. The Morgan fingerprint density at radius 1 is 1.61 bits per heavy atom. The van der Waals surface area contributed by atoms with Gasteiger partial charge in [0.05, 0.1) is 6.61 Å². The molecule has 1 aliphatic heterocycles. The van der Waals surface area contributed by atoms with Crippen molar-refractivity contribution in [2.45, 2.75) is 6.10 Å². The van der Waals surface area contributed by atoms with Gasteiger partial charge in [0.1, 0.15) is 23.4 Å². The molecule has 1 aromatic rings. The number of likely N-dealkylation sites (N-methyl/N-ethyl adjacent to an activating group) is 1. The van der Waals surface area contributed by atoms with Gasteiger partial charge in [0.15, 0.2) is 0 Å². The first-order valence-corrected chi connectivity index (χ1v) is 6.39. The first kappa shape index (κ1) is 13.3. The Morgan fingerprint density at radius 3 is 3.17 bits per heavy atom. The molecule has 0 aliphatic carbocycles. The number of nitrogens with two attached hydrogens (primary N) is 1. The van der Waals surface area contributed by atoms with Gasteiger partial charge < -0.3 is 20.1 Å². The van der Waals surface area contributed by atoms with Crippen molar-refractivity contribution in [3.05, 3.63) is 29.8 Å². The summed E-state index contributed by atoms with van der Waals surface area (Å²) in [5.41, 5.74) is 6.41. The average molecular weight is 266 g/mol. The van der Waals surface area contributed by atoms with Crippen LogP contribution in [0.3, 0.4) is 0 Å². The van der Waals surface area contributed by atoms with E-state index in [-0.39, 0.29) is 6.10 Å². The van der Waals surface area contributed by atoms with Gasteiger partial charge >= 0.3 is 0 Å². The molecule has 1 atom stereocenters. The lowest BCUT2D eigenvalue weighted by atomic mass is 10.2. The number of benzene rings is 1. The van der Waals surface area contributed by atoms with E-state index in [2.05, 4.69) is 11.9 Å². The molecule has 0 saturated carbocycles. The van der Waals surface area contributed by atoms with Crippen LogP contribution in [0.5, 0.6) is 5.75 Å². The zero-order chi connectivity index (χ0) is 13.0. The monoisotopic (exact) mass is 266 g/mol. The zero-order valence-electron chi connectivity index (χ0n) is 10.5. The lowest BCUT2D eigenvalue weighted by molar-refractivity contribution is -0.0403. The van der Waals surface area contributed by atoms with Crippen molar-refractivity contribution in [3.63, 3.8) is 0 Å². The molecule has 98 valence electrons. The molecule has 1 fully saturated rings. The number of rotatable bonds is 4. The van der Waals surface area contributed by atoms with Gasteiger partial charge in [-0.05, 0) is 19.2 Å². The van der Waals surface area contributed by atoms with E-state index in [1.807, 2.05) is 24.3 Å². The van der Waals surface area contributed by atoms with Crippen LogP contribution in [0.25, 0.3) is 0 Å². The highest BCUT2D eigenvalue weighted by Gasteiger charge is 2.18. The van der Waals surface area contributed by atoms with E-state index < -0.39 is 0 Å². The molecule has 1 unspecified atom stereocenters. The van der Waals surface area contributed by atoms with Crippen molar-refractivity contribution in [1.82, 2.24) is 4.90 Å². The second-order valence-electron chi connectivity index (χ2n) is 4.46. The van der Waals surface area contributed by atoms with Crippen molar-refractivity contribution >= 4 is 17.2 Å². The van der Waals surface area contributed by atoms with Crippen molar-refractivity contribution in [2.75, 3.05) is 33.4 Å². The van der Waals surface area contributed by atoms with E-state index in [1.165, 1.54) is 0 Å². The van der Waals surface area contributed by atoms with E-state index in [4.69, 9.17) is 27.4 Å². The Labute approximate surface area is 113 Å². The van der Waals surface area contributed by atoms with Gasteiger partial charge in [-0.1, -0.05) is 24.4 Å². The lowest BCUT2D eigenvalue weighted by Gasteiger charge is -2.29. The molecule has 0 aromatic heterocycles. The van der Waals surface area contributed by atoms with Crippen molar-refractivity contribution < 1.29 is 9.47 Å². The van der Waals surface area contributed by atoms with Crippen LogP contribution in [-0.4, -0.2) is 49.3 Å². The quantitative estimate of drug-likeness (QED) is 0.825. The van der Waals surface area contributed by atoms with Gasteiger partial charge in [0, 0.05) is 18.7 Å². The topological polar surface area (TPSA) is 47.7 Å². The van der Waals surface area contributed by atoms with Crippen molar-refractivity contribution in [3.8, 4) is 5.75 Å². The second kappa shape index (κ2) is 6.13. The maximum Gasteiger partial charge on any atom is 0.120 e. The van der Waals surface area contributed by atoms with Crippen molar-refractivity contribution in [2.24, 2.45) is 5.73 Å². The summed E-state index contributed by atoms with van der Waals surface area (Å²) in [6, 6.07) is 7.51. The molecular weight excluding hydrogens is 248 g/mol. The Morgan fingerprint density at radius 2 is 2.44 bits per heavy atom. The first-order chi connectivity index (χ1) is 8.65. The third kappa shape index (κ3) is 3.66. The number of hydrogen-bond acceptors (Lipinski definition) is 4. The molecule has 2 rings (SSSR count). The molecule has 18 heavy (non-hydrogen) atoms. The fourth-order valence-electron chi connectivity index (χ4n) is 1.90. The average Bonchev–Trinajstić information content (AvgIpc) is 2.37. The summed E-state index contributed by atoms with van der Waals surface area (Å²) < 4.78 is 11.3. The third-order valence-electron chi connectivity index (χ3n) is 2.90. The largest absolute Gasteiger partial charge is 0.491 e. The summed E-state index contributed by atoms with van der Waals surface area (Å²) in [7, 11) is 2.09. The molecule has 5 heteroatoms. The Balaban J connectivity index is 1.89. The molecule has 1 aliphatic rings. The molecule has 1 saturated heterocycles. The fraction of sp³-hybridized carbons (Fsp3) is 0.462. The summed E-state index contributed by atoms with van der Waals surface area (Å²) in [4.78, 5) is 2.62. The molecule has 0 bridgehead atoms. The fourth-order valence-corrected chi connectivity index (χ4v) is 2.02. The number of thiocarbonyl (C=S) groups is 1.